The van der Waals surface area contributed by atoms with Crippen LogP contribution in [0, 0.1) is 0 Å². The van der Waals surface area contributed by atoms with Gasteiger partial charge in [0.2, 0.25) is 12.7 Å². The third kappa shape index (κ3) is 3.74. The van der Waals surface area contributed by atoms with Crippen molar-refractivity contribution in [3.63, 3.8) is 0 Å². The van der Waals surface area contributed by atoms with E-state index in [1.165, 1.54) is 11.8 Å². The number of anilines is 1. The summed E-state index contributed by atoms with van der Waals surface area (Å²) in [6.07, 6.45) is 3.71. The number of H-pyrrole nitrogens is 1. The fourth-order valence-corrected chi connectivity index (χ4v) is 4.81. The van der Waals surface area contributed by atoms with Crippen LogP contribution in [-0.2, 0) is 4.79 Å². The van der Waals surface area contributed by atoms with Gasteiger partial charge in [-0.05, 0) is 30.5 Å². The second kappa shape index (κ2) is 8.00. The van der Waals surface area contributed by atoms with Crippen LogP contribution in [0.4, 0.5) is 5.69 Å². The van der Waals surface area contributed by atoms with E-state index in [4.69, 9.17) is 14.5 Å². The van der Waals surface area contributed by atoms with Crippen LogP contribution in [0.3, 0.4) is 0 Å². The summed E-state index contributed by atoms with van der Waals surface area (Å²) in [6, 6.07) is 15.2. The van der Waals surface area contributed by atoms with Crippen molar-refractivity contribution in [2.24, 2.45) is 0 Å². The number of nitrogens with zero attached hydrogens (tertiary/aromatic N) is 2. The lowest BCUT2D eigenvalue weighted by molar-refractivity contribution is -0.113. The van der Waals surface area contributed by atoms with Crippen molar-refractivity contribution in [3.05, 3.63) is 65.1 Å². The van der Waals surface area contributed by atoms with E-state index in [1.54, 1.807) is 22.8 Å². The molecule has 0 atom stereocenters. The molecule has 0 radical (unpaired) electrons. The first-order chi connectivity index (χ1) is 16.2. The lowest BCUT2D eigenvalue weighted by Crippen LogP contribution is -2.23. The maximum absolute atomic E-state index is 13.3. The molecule has 2 aromatic carbocycles. The summed E-state index contributed by atoms with van der Waals surface area (Å²) in [6.45, 7) is 0.180. The summed E-state index contributed by atoms with van der Waals surface area (Å²) < 4.78 is 12.4. The largest absolute Gasteiger partial charge is 0.454 e. The molecule has 9 heteroatoms. The monoisotopic (exact) mass is 460 g/mol. The number of hydrogen-bond donors (Lipinski definition) is 2. The Morgan fingerprint density at radius 1 is 1.15 bits per heavy atom. The first kappa shape index (κ1) is 19.9. The van der Waals surface area contributed by atoms with Crippen molar-refractivity contribution in [1.29, 1.82) is 0 Å². The maximum Gasteiger partial charge on any atom is 0.278 e. The molecular formula is C24H20N4O4S. The molecule has 1 aliphatic heterocycles. The SMILES string of the molecule is O=C(CSc1nc2c(-c3ccccc3)c[nH]c2c(=O)n1C1CC1)Nc1ccc2c(c1)OCO2. The van der Waals surface area contributed by atoms with Gasteiger partial charge >= 0.3 is 0 Å². The molecule has 0 bridgehead atoms. The molecular weight excluding hydrogens is 440 g/mol. The number of fused-ring (bicyclic) bond motifs is 2. The number of amides is 1. The zero-order valence-corrected chi connectivity index (χ0v) is 18.4. The van der Waals surface area contributed by atoms with Crippen molar-refractivity contribution < 1.29 is 14.3 Å². The van der Waals surface area contributed by atoms with Crippen LogP contribution in [0.1, 0.15) is 18.9 Å². The number of carbonyl (C=O) groups is 1. The third-order valence-corrected chi connectivity index (χ3v) is 6.64. The molecule has 0 saturated heterocycles. The van der Waals surface area contributed by atoms with Gasteiger partial charge in [-0.25, -0.2) is 4.98 Å². The normalized spacial score (nSPS) is 14.5. The second-order valence-corrected chi connectivity index (χ2v) is 8.94. The van der Waals surface area contributed by atoms with E-state index in [1.807, 2.05) is 36.5 Å². The minimum atomic E-state index is -0.187. The first-order valence-electron chi connectivity index (χ1n) is 10.7. The zero-order valence-electron chi connectivity index (χ0n) is 17.5. The molecule has 0 unspecified atom stereocenters. The molecule has 6 rings (SSSR count). The molecule has 2 N–H and O–H groups in total. The average molecular weight is 461 g/mol. The van der Waals surface area contributed by atoms with Crippen LogP contribution in [0.5, 0.6) is 11.5 Å². The van der Waals surface area contributed by atoms with Gasteiger partial charge in [-0.2, -0.15) is 0 Å². The Labute approximate surface area is 192 Å². The van der Waals surface area contributed by atoms with Crippen molar-refractivity contribution in [3.8, 4) is 22.6 Å². The van der Waals surface area contributed by atoms with Gasteiger partial charge in [0.05, 0.1) is 5.75 Å². The van der Waals surface area contributed by atoms with Crippen LogP contribution in [-0.4, -0.2) is 33.0 Å². The Bertz CT molecular complexity index is 1430. The molecule has 2 aliphatic rings. The fraction of sp³-hybridized carbons (Fsp3) is 0.208. The molecule has 1 saturated carbocycles. The Balaban J connectivity index is 1.28. The van der Waals surface area contributed by atoms with Gasteiger partial charge in [0.15, 0.2) is 16.7 Å². The van der Waals surface area contributed by atoms with Crippen LogP contribution in [0.2, 0.25) is 0 Å². The molecule has 4 aromatic rings. The summed E-state index contributed by atoms with van der Waals surface area (Å²) in [4.78, 5) is 33.9. The van der Waals surface area contributed by atoms with E-state index in [-0.39, 0.29) is 30.1 Å². The molecule has 0 spiro atoms. The lowest BCUT2D eigenvalue weighted by Gasteiger charge is -2.12. The number of rotatable bonds is 6. The highest BCUT2D eigenvalue weighted by Crippen LogP contribution is 2.38. The molecule has 33 heavy (non-hydrogen) atoms. The van der Waals surface area contributed by atoms with E-state index in [9.17, 15) is 9.59 Å². The van der Waals surface area contributed by atoms with Crippen molar-refractivity contribution in [2.45, 2.75) is 24.0 Å². The van der Waals surface area contributed by atoms with Crippen molar-refractivity contribution in [2.75, 3.05) is 17.9 Å². The van der Waals surface area contributed by atoms with Gasteiger partial charge in [0, 0.05) is 29.6 Å². The van der Waals surface area contributed by atoms with E-state index >= 15 is 0 Å². The Hall–Kier alpha value is -3.72. The summed E-state index contributed by atoms with van der Waals surface area (Å²) in [5.41, 5.74) is 3.51. The van der Waals surface area contributed by atoms with E-state index in [0.717, 1.165) is 24.0 Å². The number of carbonyl (C=O) groups excluding carboxylic acids is 1. The zero-order chi connectivity index (χ0) is 22.4. The molecule has 8 nitrogen and oxygen atoms in total. The summed E-state index contributed by atoms with van der Waals surface area (Å²) in [5.74, 6) is 1.21. The van der Waals surface area contributed by atoms with Crippen LogP contribution >= 0.6 is 11.8 Å². The number of thioether (sulfide) groups is 1. The molecule has 1 fully saturated rings. The molecule has 166 valence electrons. The predicted octanol–water partition coefficient (Wildman–Crippen LogP) is 4.19. The topological polar surface area (TPSA) is 98.2 Å². The number of benzene rings is 2. The quantitative estimate of drug-likeness (QED) is 0.331. The maximum atomic E-state index is 13.3. The first-order valence-corrected chi connectivity index (χ1v) is 11.7. The fourth-order valence-electron chi connectivity index (χ4n) is 3.95. The highest BCUT2D eigenvalue weighted by molar-refractivity contribution is 7.99. The molecule has 1 amide bonds. The van der Waals surface area contributed by atoms with Crippen LogP contribution in [0.15, 0.2) is 64.7 Å². The van der Waals surface area contributed by atoms with Crippen molar-refractivity contribution >= 4 is 34.4 Å². The van der Waals surface area contributed by atoms with E-state index in [2.05, 4.69) is 10.3 Å². The van der Waals surface area contributed by atoms with Gasteiger partial charge in [-0.1, -0.05) is 42.1 Å². The molecule has 2 aromatic heterocycles. The second-order valence-electron chi connectivity index (χ2n) is 8.00. The van der Waals surface area contributed by atoms with Gasteiger partial charge < -0.3 is 19.8 Å². The van der Waals surface area contributed by atoms with Gasteiger partial charge in [0.25, 0.3) is 5.56 Å². The third-order valence-electron chi connectivity index (χ3n) is 5.68. The summed E-state index contributed by atoms with van der Waals surface area (Å²) >= 11 is 1.27. The Kier molecular flexibility index (Phi) is 4.83. The van der Waals surface area contributed by atoms with E-state index < -0.39 is 0 Å². The minimum absolute atomic E-state index is 0.0941. The Morgan fingerprint density at radius 3 is 2.79 bits per heavy atom. The number of hydrogen-bond acceptors (Lipinski definition) is 6. The van der Waals surface area contributed by atoms with E-state index in [0.29, 0.717) is 33.4 Å². The molecule has 1 aliphatic carbocycles. The standard InChI is InChI=1S/C24H20N4O4S/c29-20(26-15-6-9-18-19(10-15)32-13-31-18)12-33-24-27-21-17(14-4-2-1-3-5-14)11-25-22(21)23(30)28(24)16-7-8-16/h1-6,9-11,16,25H,7-8,12-13H2,(H,26,29). The number of aromatic amines is 1. The smallest absolute Gasteiger partial charge is 0.278 e. The highest BCUT2D eigenvalue weighted by atomic mass is 32.2. The number of aromatic nitrogens is 3. The predicted molar refractivity (Wildman–Crippen MR) is 126 cm³/mol. The minimum Gasteiger partial charge on any atom is -0.454 e. The summed E-state index contributed by atoms with van der Waals surface area (Å²) in [5, 5.41) is 3.44. The van der Waals surface area contributed by atoms with Gasteiger partial charge in [-0.3, -0.25) is 14.2 Å². The van der Waals surface area contributed by atoms with Gasteiger partial charge in [-0.15, -0.1) is 0 Å². The highest BCUT2D eigenvalue weighted by Gasteiger charge is 2.30. The Morgan fingerprint density at radius 2 is 1.97 bits per heavy atom. The molecule has 3 heterocycles. The van der Waals surface area contributed by atoms with Crippen LogP contribution < -0.4 is 20.3 Å². The van der Waals surface area contributed by atoms with Crippen molar-refractivity contribution in [1.82, 2.24) is 14.5 Å². The lowest BCUT2D eigenvalue weighted by atomic mass is 10.1. The average Bonchev–Trinajstić information content (AvgIpc) is 3.39. The number of ether oxygens (including phenoxy) is 2. The van der Waals surface area contributed by atoms with Gasteiger partial charge in [0.1, 0.15) is 11.0 Å². The number of nitrogens with one attached hydrogen (secondary N) is 2. The summed E-state index contributed by atoms with van der Waals surface area (Å²) in [7, 11) is 0. The van der Waals surface area contributed by atoms with Crippen LogP contribution in [0.25, 0.3) is 22.2 Å².